The van der Waals surface area contributed by atoms with Gasteiger partial charge in [-0.15, -0.1) is 0 Å². The number of halogens is 1. The summed E-state index contributed by atoms with van der Waals surface area (Å²) in [5.74, 6) is -1.56. The van der Waals surface area contributed by atoms with Crippen molar-refractivity contribution in [3.05, 3.63) is 58.1 Å². The van der Waals surface area contributed by atoms with Gasteiger partial charge < -0.3 is 4.90 Å². The standard InChI is InChI=1S/C17H14ClN3O5S/c1-21(2)17(24)9-3-6-13(18)14(7-9)20-27(25,26)10-4-5-11-12(8-10)16(23)19-15(11)22/h3-8,20H,1-2H3,(H,19,22,23). The van der Waals surface area contributed by atoms with Crippen LogP contribution in [0.5, 0.6) is 0 Å². The summed E-state index contributed by atoms with van der Waals surface area (Å²) in [6.45, 7) is 0. The van der Waals surface area contributed by atoms with E-state index in [0.29, 0.717) is 0 Å². The lowest BCUT2D eigenvalue weighted by Gasteiger charge is -2.14. The molecule has 0 spiro atoms. The highest BCUT2D eigenvalue weighted by molar-refractivity contribution is 7.92. The number of rotatable bonds is 4. The molecular weight excluding hydrogens is 394 g/mol. The van der Waals surface area contributed by atoms with Gasteiger partial charge in [-0.2, -0.15) is 0 Å². The molecule has 27 heavy (non-hydrogen) atoms. The molecule has 3 rings (SSSR count). The first-order valence-electron chi connectivity index (χ1n) is 7.64. The molecule has 0 saturated heterocycles. The van der Waals surface area contributed by atoms with E-state index >= 15 is 0 Å². The molecule has 1 aliphatic heterocycles. The lowest BCUT2D eigenvalue weighted by Crippen LogP contribution is -2.22. The van der Waals surface area contributed by atoms with Crippen LogP contribution in [0.15, 0.2) is 41.3 Å². The predicted molar refractivity (Wildman–Crippen MR) is 98.5 cm³/mol. The zero-order valence-electron chi connectivity index (χ0n) is 14.2. The molecule has 10 heteroatoms. The predicted octanol–water partition coefficient (Wildman–Crippen LogP) is 1.73. The first kappa shape index (κ1) is 18.9. The molecule has 0 atom stereocenters. The quantitative estimate of drug-likeness (QED) is 0.749. The number of hydrogen-bond acceptors (Lipinski definition) is 5. The third kappa shape index (κ3) is 3.51. The molecular formula is C17H14ClN3O5S. The van der Waals surface area contributed by atoms with Crippen molar-refractivity contribution in [1.82, 2.24) is 10.2 Å². The van der Waals surface area contributed by atoms with Crippen molar-refractivity contribution in [2.24, 2.45) is 0 Å². The van der Waals surface area contributed by atoms with E-state index in [1.54, 1.807) is 14.1 Å². The molecule has 2 N–H and O–H groups in total. The number of nitrogens with one attached hydrogen (secondary N) is 2. The number of benzene rings is 2. The fourth-order valence-corrected chi connectivity index (χ4v) is 3.83. The molecule has 3 amide bonds. The lowest BCUT2D eigenvalue weighted by atomic mass is 10.1. The van der Waals surface area contributed by atoms with Crippen molar-refractivity contribution < 1.29 is 22.8 Å². The fourth-order valence-electron chi connectivity index (χ4n) is 2.51. The summed E-state index contributed by atoms with van der Waals surface area (Å²) in [7, 11) is -0.977. The Hall–Kier alpha value is -2.91. The summed E-state index contributed by atoms with van der Waals surface area (Å²) >= 11 is 6.05. The highest BCUT2D eigenvalue weighted by Crippen LogP contribution is 2.27. The number of imide groups is 1. The summed E-state index contributed by atoms with van der Waals surface area (Å²) in [5, 5.41) is 2.19. The number of carbonyl (C=O) groups is 3. The normalized spacial score (nSPS) is 13.1. The van der Waals surface area contributed by atoms with Crippen molar-refractivity contribution in [2.45, 2.75) is 4.90 Å². The second-order valence-corrected chi connectivity index (χ2v) is 8.08. The maximum Gasteiger partial charge on any atom is 0.261 e. The Morgan fingerprint density at radius 1 is 1.04 bits per heavy atom. The smallest absolute Gasteiger partial charge is 0.261 e. The van der Waals surface area contributed by atoms with Crippen LogP contribution in [-0.4, -0.2) is 45.1 Å². The third-order valence-corrected chi connectivity index (χ3v) is 5.57. The molecule has 0 unspecified atom stereocenters. The first-order valence-corrected chi connectivity index (χ1v) is 9.50. The molecule has 0 saturated carbocycles. The Labute approximate surface area is 160 Å². The Balaban J connectivity index is 1.97. The number of nitrogens with zero attached hydrogens (tertiary/aromatic N) is 1. The van der Waals surface area contributed by atoms with E-state index in [0.717, 1.165) is 6.07 Å². The molecule has 2 aromatic rings. The van der Waals surface area contributed by atoms with Crippen LogP contribution in [0, 0.1) is 0 Å². The summed E-state index contributed by atoms with van der Waals surface area (Å²) < 4.78 is 27.7. The number of hydrogen-bond donors (Lipinski definition) is 2. The van der Waals surface area contributed by atoms with Gasteiger partial charge in [0.15, 0.2) is 0 Å². The Bertz CT molecular complexity index is 1100. The maximum absolute atomic E-state index is 12.7. The van der Waals surface area contributed by atoms with E-state index in [2.05, 4.69) is 10.0 Å². The van der Waals surface area contributed by atoms with Gasteiger partial charge in [0.1, 0.15) is 0 Å². The SMILES string of the molecule is CN(C)C(=O)c1ccc(Cl)c(NS(=O)(=O)c2ccc3c(c2)C(=O)NC3=O)c1. The van der Waals surface area contributed by atoms with E-state index in [9.17, 15) is 22.8 Å². The minimum absolute atomic E-state index is 0.0189. The van der Waals surface area contributed by atoms with Gasteiger partial charge in [-0.05, 0) is 36.4 Å². The van der Waals surface area contributed by atoms with Crippen LogP contribution in [0.25, 0.3) is 0 Å². The number of fused-ring (bicyclic) bond motifs is 1. The average molecular weight is 408 g/mol. The number of carbonyl (C=O) groups excluding carboxylic acids is 3. The van der Waals surface area contributed by atoms with Crippen LogP contribution < -0.4 is 10.0 Å². The van der Waals surface area contributed by atoms with Crippen LogP contribution in [0.3, 0.4) is 0 Å². The summed E-state index contributed by atoms with van der Waals surface area (Å²) in [4.78, 5) is 36.5. The van der Waals surface area contributed by atoms with E-state index in [-0.39, 0.29) is 38.2 Å². The van der Waals surface area contributed by atoms with Gasteiger partial charge in [-0.1, -0.05) is 11.6 Å². The third-order valence-electron chi connectivity index (χ3n) is 3.88. The molecule has 1 heterocycles. The van der Waals surface area contributed by atoms with E-state index in [4.69, 9.17) is 11.6 Å². The second-order valence-electron chi connectivity index (χ2n) is 5.99. The Morgan fingerprint density at radius 2 is 1.70 bits per heavy atom. The van der Waals surface area contributed by atoms with Gasteiger partial charge in [0.2, 0.25) is 0 Å². The molecule has 8 nitrogen and oxygen atoms in total. The zero-order valence-corrected chi connectivity index (χ0v) is 15.8. The van der Waals surface area contributed by atoms with Gasteiger partial charge >= 0.3 is 0 Å². The Morgan fingerprint density at radius 3 is 2.37 bits per heavy atom. The van der Waals surface area contributed by atoms with Crippen LogP contribution >= 0.6 is 11.6 Å². The van der Waals surface area contributed by atoms with Crippen LogP contribution in [0.4, 0.5) is 5.69 Å². The van der Waals surface area contributed by atoms with Crippen molar-refractivity contribution in [2.75, 3.05) is 18.8 Å². The molecule has 140 valence electrons. The van der Waals surface area contributed by atoms with Crippen molar-refractivity contribution in [3.63, 3.8) is 0 Å². The van der Waals surface area contributed by atoms with Crippen molar-refractivity contribution in [3.8, 4) is 0 Å². The largest absolute Gasteiger partial charge is 0.345 e. The number of amides is 3. The van der Waals surface area contributed by atoms with Gasteiger partial charge in [-0.25, -0.2) is 8.42 Å². The topological polar surface area (TPSA) is 113 Å². The molecule has 0 fully saturated rings. The van der Waals surface area contributed by atoms with E-state index in [1.807, 2.05) is 0 Å². The monoisotopic (exact) mass is 407 g/mol. The molecule has 0 bridgehead atoms. The minimum Gasteiger partial charge on any atom is -0.345 e. The molecule has 2 aromatic carbocycles. The summed E-state index contributed by atoms with van der Waals surface area (Å²) in [6, 6.07) is 7.80. The highest BCUT2D eigenvalue weighted by atomic mass is 35.5. The average Bonchev–Trinajstić information content (AvgIpc) is 2.90. The number of sulfonamides is 1. The van der Waals surface area contributed by atoms with Crippen LogP contribution in [0.2, 0.25) is 5.02 Å². The molecule has 0 aromatic heterocycles. The van der Waals surface area contributed by atoms with Gasteiger partial charge in [-0.3, -0.25) is 24.4 Å². The molecule has 1 aliphatic rings. The fraction of sp³-hybridized carbons (Fsp3) is 0.118. The maximum atomic E-state index is 12.7. The van der Waals surface area contributed by atoms with Crippen LogP contribution in [0.1, 0.15) is 31.1 Å². The first-order chi connectivity index (χ1) is 12.6. The van der Waals surface area contributed by atoms with Gasteiger partial charge in [0.05, 0.1) is 26.7 Å². The minimum atomic E-state index is -4.11. The number of anilines is 1. The molecule has 0 radical (unpaired) electrons. The van der Waals surface area contributed by atoms with E-state index in [1.165, 1.54) is 35.2 Å². The summed E-state index contributed by atoms with van der Waals surface area (Å²) in [5.41, 5.74) is 0.354. The van der Waals surface area contributed by atoms with Gasteiger partial charge in [0, 0.05) is 19.7 Å². The van der Waals surface area contributed by atoms with E-state index < -0.39 is 21.8 Å². The van der Waals surface area contributed by atoms with Crippen molar-refractivity contribution >= 4 is 45.0 Å². The molecule has 0 aliphatic carbocycles. The lowest BCUT2D eigenvalue weighted by molar-refractivity contribution is 0.0825. The summed E-state index contributed by atoms with van der Waals surface area (Å²) in [6.07, 6.45) is 0. The van der Waals surface area contributed by atoms with Crippen molar-refractivity contribution in [1.29, 1.82) is 0 Å². The Kier molecular flexibility index (Phi) is 4.66. The van der Waals surface area contributed by atoms with Gasteiger partial charge in [0.25, 0.3) is 27.7 Å². The zero-order chi connectivity index (χ0) is 19.9. The van der Waals surface area contributed by atoms with Crippen LogP contribution in [-0.2, 0) is 10.0 Å². The second kappa shape index (κ2) is 6.67. The highest BCUT2D eigenvalue weighted by Gasteiger charge is 2.29.